The van der Waals surface area contributed by atoms with Crippen LogP contribution in [0.2, 0.25) is 0 Å². The summed E-state index contributed by atoms with van der Waals surface area (Å²) in [5, 5.41) is 3.37. The first-order chi connectivity index (χ1) is 13.4. The summed E-state index contributed by atoms with van der Waals surface area (Å²) in [6.45, 7) is 6.42. The second kappa shape index (κ2) is 8.25. The number of hydrogen-bond donors (Lipinski definition) is 2. The van der Waals surface area contributed by atoms with Crippen LogP contribution >= 0.6 is 0 Å². The van der Waals surface area contributed by atoms with Gasteiger partial charge in [-0.2, -0.15) is 0 Å². The van der Waals surface area contributed by atoms with E-state index in [1.807, 2.05) is 19.1 Å². The fraction of sp³-hybridized carbons (Fsp3) is 0.318. The standard InChI is InChI=1S/C22H25N3O3/c1-14(2)16-10-11-18(15(3)13-16)23-20(26)9-6-12-25-21(27)17-7-4-5-8-19(17)24-22(25)28/h4-5,7-8,10-11,13-14H,6,9,12H2,1-3H3,(H,23,26)(H,24,28). The lowest BCUT2D eigenvalue weighted by Crippen LogP contribution is -2.35. The quantitative estimate of drug-likeness (QED) is 0.687. The number of nitrogens with zero attached hydrogens (tertiary/aromatic N) is 1. The number of hydrogen-bond acceptors (Lipinski definition) is 3. The second-order valence-electron chi connectivity index (χ2n) is 7.31. The molecular formula is C22H25N3O3. The van der Waals surface area contributed by atoms with Gasteiger partial charge in [0.2, 0.25) is 5.91 Å². The zero-order valence-electron chi connectivity index (χ0n) is 16.4. The summed E-state index contributed by atoms with van der Waals surface area (Å²) in [6.07, 6.45) is 0.625. The van der Waals surface area contributed by atoms with Crippen molar-refractivity contribution >= 4 is 22.5 Å². The Labute approximate surface area is 163 Å². The molecule has 2 N–H and O–H groups in total. The Morgan fingerprint density at radius 3 is 2.61 bits per heavy atom. The highest BCUT2D eigenvalue weighted by Gasteiger charge is 2.10. The van der Waals surface area contributed by atoms with Crippen LogP contribution in [0.5, 0.6) is 0 Å². The number of anilines is 1. The molecule has 0 radical (unpaired) electrons. The van der Waals surface area contributed by atoms with E-state index in [0.717, 1.165) is 15.8 Å². The van der Waals surface area contributed by atoms with Gasteiger partial charge < -0.3 is 10.3 Å². The van der Waals surface area contributed by atoms with Crippen LogP contribution in [-0.4, -0.2) is 15.5 Å². The van der Waals surface area contributed by atoms with Gasteiger partial charge in [-0.3, -0.25) is 14.2 Å². The Morgan fingerprint density at radius 1 is 1.14 bits per heavy atom. The van der Waals surface area contributed by atoms with Crippen LogP contribution < -0.4 is 16.6 Å². The lowest BCUT2D eigenvalue weighted by Gasteiger charge is -2.12. The molecule has 0 unspecified atom stereocenters. The minimum atomic E-state index is -0.454. The SMILES string of the molecule is Cc1cc(C(C)C)ccc1NC(=O)CCCn1c(=O)[nH]c2ccccc2c1=O. The van der Waals surface area contributed by atoms with Gasteiger partial charge >= 0.3 is 5.69 Å². The highest BCUT2D eigenvalue weighted by Crippen LogP contribution is 2.22. The minimum absolute atomic E-state index is 0.134. The molecule has 146 valence electrons. The van der Waals surface area contributed by atoms with E-state index in [1.165, 1.54) is 5.56 Å². The molecule has 0 aliphatic carbocycles. The molecule has 0 fully saturated rings. The van der Waals surface area contributed by atoms with E-state index in [9.17, 15) is 14.4 Å². The highest BCUT2D eigenvalue weighted by atomic mass is 16.2. The zero-order chi connectivity index (χ0) is 20.3. The van der Waals surface area contributed by atoms with Crippen molar-refractivity contribution in [2.24, 2.45) is 0 Å². The first-order valence-corrected chi connectivity index (χ1v) is 9.49. The Bertz CT molecular complexity index is 1130. The lowest BCUT2D eigenvalue weighted by molar-refractivity contribution is -0.116. The van der Waals surface area contributed by atoms with Crippen molar-refractivity contribution in [3.8, 4) is 0 Å². The van der Waals surface area contributed by atoms with Gasteiger partial charge in [0.25, 0.3) is 5.56 Å². The van der Waals surface area contributed by atoms with E-state index in [2.05, 4.69) is 30.2 Å². The molecule has 0 aliphatic heterocycles. The smallest absolute Gasteiger partial charge is 0.326 e. The van der Waals surface area contributed by atoms with Crippen LogP contribution in [0.25, 0.3) is 10.9 Å². The molecule has 6 nitrogen and oxygen atoms in total. The van der Waals surface area contributed by atoms with Crippen molar-refractivity contribution < 1.29 is 4.79 Å². The number of aromatic nitrogens is 2. The molecule has 1 amide bonds. The number of carbonyl (C=O) groups excluding carboxylic acids is 1. The van der Waals surface area contributed by atoms with Crippen LogP contribution in [0.4, 0.5) is 5.69 Å². The van der Waals surface area contributed by atoms with Crippen LogP contribution in [0, 0.1) is 6.92 Å². The summed E-state index contributed by atoms with van der Waals surface area (Å²) >= 11 is 0. The van der Waals surface area contributed by atoms with Gasteiger partial charge in [-0.1, -0.05) is 38.1 Å². The number of fused-ring (bicyclic) bond motifs is 1. The molecular weight excluding hydrogens is 354 g/mol. The summed E-state index contributed by atoms with van der Waals surface area (Å²) in [6, 6.07) is 12.9. The third-order valence-electron chi connectivity index (χ3n) is 4.87. The number of rotatable bonds is 6. The summed E-state index contributed by atoms with van der Waals surface area (Å²) in [5.41, 5.74) is 2.76. The number of aromatic amines is 1. The van der Waals surface area contributed by atoms with Gasteiger partial charge in [0, 0.05) is 18.7 Å². The van der Waals surface area contributed by atoms with E-state index in [0.29, 0.717) is 23.2 Å². The second-order valence-corrected chi connectivity index (χ2v) is 7.31. The van der Waals surface area contributed by atoms with E-state index in [-0.39, 0.29) is 24.4 Å². The fourth-order valence-corrected chi connectivity index (χ4v) is 3.20. The predicted octanol–water partition coefficient (Wildman–Crippen LogP) is 3.54. The molecule has 0 atom stereocenters. The Balaban J connectivity index is 1.64. The highest BCUT2D eigenvalue weighted by molar-refractivity contribution is 5.91. The molecule has 0 bridgehead atoms. The number of amides is 1. The normalized spacial score (nSPS) is 11.1. The third-order valence-corrected chi connectivity index (χ3v) is 4.87. The van der Waals surface area contributed by atoms with Crippen LogP contribution in [0.3, 0.4) is 0 Å². The molecule has 3 rings (SSSR count). The molecule has 1 aromatic heterocycles. The Hall–Kier alpha value is -3.15. The average Bonchev–Trinajstić information content (AvgIpc) is 2.66. The van der Waals surface area contributed by atoms with Crippen LogP contribution in [0.15, 0.2) is 52.1 Å². The van der Waals surface area contributed by atoms with E-state index < -0.39 is 5.69 Å². The van der Waals surface area contributed by atoms with Gasteiger partial charge in [0.05, 0.1) is 10.9 Å². The van der Waals surface area contributed by atoms with Crippen molar-refractivity contribution in [1.29, 1.82) is 0 Å². The Kier molecular flexibility index (Phi) is 5.78. The molecule has 0 aliphatic rings. The van der Waals surface area contributed by atoms with Crippen LogP contribution in [0.1, 0.15) is 43.7 Å². The molecule has 3 aromatic rings. The monoisotopic (exact) mass is 379 g/mol. The number of nitrogens with one attached hydrogen (secondary N) is 2. The zero-order valence-corrected chi connectivity index (χ0v) is 16.4. The van der Waals surface area contributed by atoms with Crippen molar-refractivity contribution in [1.82, 2.24) is 9.55 Å². The maximum absolute atomic E-state index is 12.5. The topological polar surface area (TPSA) is 84.0 Å². The van der Waals surface area contributed by atoms with Crippen molar-refractivity contribution in [2.45, 2.75) is 46.1 Å². The van der Waals surface area contributed by atoms with Crippen molar-refractivity contribution in [3.05, 3.63) is 74.4 Å². The van der Waals surface area contributed by atoms with Crippen molar-refractivity contribution in [3.63, 3.8) is 0 Å². The fourth-order valence-electron chi connectivity index (χ4n) is 3.20. The molecule has 28 heavy (non-hydrogen) atoms. The van der Waals surface area contributed by atoms with Gasteiger partial charge in [0.1, 0.15) is 0 Å². The van der Waals surface area contributed by atoms with Crippen molar-refractivity contribution in [2.75, 3.05) is 5.32 Å². The van der Waals surface area contributed by atoms with E-state index >= 15 is 0 Å². The molecule has 0 saturated heterocycles. The third kappa shape index (κ3) is 4.22. The molecule has 6 heteroatoms. The summed E-state index contributed by atoms with van der Waals surface area (Å²) < 4.78 is 1.15. The summed E-state index contributed by atoms with van der Waals surface area (Å²) in [4.78, 5) is 39.6. The number of carbonyl (C=O) groups is 1. The predicted molar refractivity (Wildman–Crippen MR) is 112 cm³/mol. The average molecular weight is 379 g/mol. The Morgan fingerprint density at radius 2 is 1.89 bits per heavy atom. The maximum Gasteiger partial charge on any atom is 0.328 e. The largest absolute Gasteiger partial charge is 0.328 e. The molecule has 1 heterocycles. The van der Waals surface area contributed by atoms with E-state index in [4.69, 9.17) is 0 Å². The molecule has 0 spiro atoms. The van der Waals surface area contributed by atoms with Gasteiger partial charge in [0.15, 0.2) is 0 Å². The van der Waals surface area contributed by atoms with E-state index in [1.54, 1.807) is 24.3 Å². The first-order valence-electron chi connectivity index (χ1n) is 9.49. The van der Waals surface area contributed by atoms with Gasteiger partial charge in [-0.25, -0.2) is 4.79 Å². The number of aryl methyl sites for hydroxylation is 1. The first kappa shape index (κ1) is 19.6. The summed E-state index contributed by atoms with van der Waals surface area (Å²) in [5.74, 6) is 0.299. The maximum atomic E-state index is 12.5. The number of para-hydroxylation sites is 1. The lowest BCUT2D eigenvalue weighted by atomic mass is 10.0. The van der Waals surface area contributed by atoms with Gasteiger partial charge in [-0.15, -0.1) is 0 Å². The number of H-pyrrole nitrogens is 1. The van der Waals surface area contributed by atoms with Crippen LogP contribution in [-0.2, 0) is 11.3 Å². The molecule has 2 aromatic carbocycles. The minimum Gasteiger partial charge on any atom is -0.326 e. The van der Waals surface area contributed by atoms with Gasteiger partial charge in [-0.05, 0) is 48.6 Å². The number of benzene rings is 2. The molecule has 0 saturated carbocycles. The summed E-state index contributed by atoms with van der Waals surface area (Å²) in [7, 11) is 0.